The van der Waals surface area contributed by atoms with Gasteiger partial charge in [-0.05, 0) is 0 Å². The van der Waals surface area contributed by atoms with Crippen LogP contribution in [0.15, 0.2) is 84.9 Å². The molecule has 0 aliphatic carbocycles. The second kappa shape index (κ2) is 10.7. The summed E-state index contributed by atoms with van der Waals surface area (Å²) in [7, 11) is 0. The van der Waals surface area contributed by atoms with Gasteiger partial charge in [-0.1, -0.05) is 0 Å². The van der Waals surface area contributed by atoms with Crippen LogP contribution in [0.1, 0.15) is 11.1 Å². The zero-order valence-electron chi connectivity index (χ0n) is 14.8. The second-order valence-electron chi connectivity index (χ2n) is 5.99. The molecule has 2 unspecified atom stereocenters. The first-order chi connectivity index (χ1) is 13.4. The summed E-state index contributed by atoms with van der Waals surface area (Å²) < 4.78 is 24.8. The first-order valence-electron chi connectivity index (χ1n) is 8.44. The van der Waals surface area contributed by atoms with E-state index in [-0.39, 0.29) is 29.0 Å². The molecule has 0 amide bonds. The second-order valence-corrected chi connectivity index (χ2v) is 33.6. The monoisotopic (exact) mass is 678 g/mol. The van der Waals surface area contributed by atoms with E-state index < -0.39 is 9.02 Å². The minimum atomic E-state index is -2.65. The quantitative estimate of drug-likeness (QED) is 0.243. The number of hydrogen-bond acceptors (Lipinski definition) is 0. The first kappa shape index (κ1) is 23.1. The Morgan fingerprint density at radius 3 is 1.21 bits per heavy atom. The predicted octanol–water partition coefficient (Wildman–Crippen LogP) is 4.55. The van der Waals surface area contributed by atoms with Gasteiger partial charge in [-0.25, -0.2) is 0 Å². The SMILES string of the molecule is FP(=[Se])([Se]Cc1ccc(C[Se]P(F)(=[Se])c2ccccc2)cc1)c1ccccc1. The Hall–Kier alpha value is 0.458. The van der Waals surface area contributed by atoms with Gasteiger partial charge >= 0.3 is 194 Å². The molecule has 8 heteroatoms. The molecule has 0 radical (unpaired) electrons. The van der Waals surface area contributed by atoms with Crippen molar-refractivity contribution < 1.29 is 8.39 Å². The summed E-state index contributed by atoms with van der Waals surface area (Å²) in [6.07, 6.45) is 0. The van der Waals surface area contributed by atoms with Gasteiger partial charge in [0, 0.05) is 0 Å². The molecule has 0 nitrogen and oxygen atoms in total. The Morgan fingerprint density at radius 1 is 0.571 bits per heavy atom. The van der Waals surface area contributed by atoms with Gasteiger partial charge < -0.3 is 0 Å². The molecule has 0 heterocycles. The van der Waals surface area contributed by atoms with Crippen molar-refractivity contribution in [2.75, 3.05) is 0 Å². The van der Waals surface area contributed by atoms with Gasteiger partial charge in [0.05, 0.1) is 0 Å². The number of benzene rings is 3. The van der Waals surface area contributed by atoms with Gasteiger partial charge in [-0.15, -0.1) is 0 Å². The molecule has 0 aliphatic heterocycles. The summed E-state index contributed by atoms with van der Waals surface area (Å²) in [5, 5.41) is 3.13. The average Bonchev–Trinajstić information content (AvgIpc) is 2.73. The van der Waals surface area contributed by atoms with Gasteiger partial charge in [-0.2, -0.15) is 0 Å². The van der Waals surface area contributed by atoms with E-state index >= 15 is 8.39 Å². The molecule has 0 saturated heterocycles. The van der Waals surface area contributed by atoms with Crippen LogP contribution in [0.5, 0.6) is 0 Å². The van der Waals surface area contributed by atoms with Crippen LogP contribution in [0.3, 0.4) is 0 Å². The summed E-state index contributed by atoms with van der Waals surface area (Å²) in [4.78, 5) is 0. The molecular formula is C20H18F2P2Se4. The molecule has 0 bridgehead atoms. The predicted molar refractivity (Wildman–Crippen MR) is 125 cm³/mol. The molecule has 0 aliphatic rings. The van der Waals surface area contributed by atoms with Crippen molar-refractivity contribution in [2.45, 2.75) is 10.6 Å². The third-order valence-electron chi connectivity index (χ3n) is 3.95. The van der Waals surface area contributed by atoms with Gasteiger partial charge in [-0.3, -0.25) is 0 Å². The Morgan fingerprint density at radius 2 is 0.893 bits per heavy atom. The molecule has 0 spiro atoms. The Labute approximate surface area is 192 Å². The molecule has 3 rings (SSSR count). The molecule has 0 fully saturated rings. The standard InChI is InChI=1S/C20H18F2P2Se4/c21-23(25,19-7-3-1-4-8-19)27-15-17-11-13-18(14-12-17)16-28-24(22,26)20-9-5-2-6-10-20/h1-14H,15-16H2. The topological polar surface area (TPSA) is 0 Å². The van der Waals surface area contributed by atoms with Crippen LogP contribution in [0.25, 0.3) is 0 Å². The molecule has 3 aromatic carbocycles. The third kappa shape index (κ3) is 6.74. The van der Waals surface area contributed by atoms with Crippen LogP contribution in [-0.2, 0) is 10.6 Å². The van der Waals surface area contributed by atoms with Crippen LogP contribution < -0.4 is 10.6 Å². The summed E-state index contributed by atoms with van der Waals surface area (Å²) >= 11 is 5.41. The van der Waals surface area contributed by atoms with Crippen LogP contribution in [0.2, 0.25) is 0 Å². The molecule has 0 saturated carbocycles. The fraction of sp³-hybridized carbons (Fsp3) is 0.100. The zero-order chi connectivity index (χ0) is 20.0. The summed E-state index contributed by atoms with van der Waals surface area (Å²) in [5.74, 6) is 0. The number of halogens is 2. The van der Waals surface area contributed by atoms with Crippen LogP contribution in [0, 0.1) is 0 Å². The van der Waals surface area contributed by atoms with E-state index in [4.69, 9.17) is 0 Å². The average molecular weight is 674 g/mol. The molecule has 146 valence electrons. The molecule has 28 heavy (non-hydrogen) atoms. The number of rotatable bonds is 8. The van der Waals surface area contributed by atoms with Gasteiger partial charge in [0.1, 0.15) is 0 Å². The van der Waals surface area contributed by atoms with Gasteiger partial charge in [0.25, 0.3) is 0 Å². The molecule has 2 atom stereocenters. The molecule has 3 aromatic rings. The van der Waals surface area contributed by atoms with E-state index in [0.717, 1.165) is 32.4 Å². The fourth-order valence-corrected chi connectivity index (χ4v) is 17.6. The third-order valence-corrected chi connectivity index (χ3v) is 26.1. The zero-order valence-corrected chi connectivity index (χ0v) is 23.4. The fourth-order valence-electron chi connectivity index (χ4n) is 2.41. The van der Waals surface area contributed by atoms with E-state index in [1.165, 1.54) is 0 Å². The van der Waals surface area contributed by atoms with Crippen molar-refractivity contribution in [3.8, 4) is 0 Å². The maximum absolute atomic E-state index is 15.0. The summed E-state index contributed by atoms with van der Waals surface area (Å²) in [5.41, 5.74) is 2.30. The summed E-state index contributed by atoms with van der Waals surface area (Å²) in [6.45, 7) is 0. The van der Waals surface area contributed by atoms with Crippen LogP contribution in [0.4, 0.5) is 8.39 Å². The Balaban J connectivity index is 1.57. The van der Waals surface area contributed by atoms with E-state index in [2.05, 4.69) is 54.5 Å². The first-order valence-corrected chi connectivity index (χ1v) is 23.1. The number of hydrogen-bond donors (Lipinski definition) is 0. The van der Waals surface area contributed by atoms with Crippen molar-refractivity contribution in [3.63, 3.8) is 0 Å². The van der Waals surface area contributed by atoms with Crippen molar-refractivity contribution in [2.24, 2.45) is 0 Å². The maximum atomic E-state index is 15.0. The van der Waals surface area contributed by atoms with E-state index in [0.29, 0.717) is 0 Å². The normalized spacial score (nSPS) is 15.5. The molecule has 0 aromatic heterocycles. The van der Waals surface area contributed by atoms with Gasteiger partial charge in [0.2, 0.25) is 0 Å². The van der Waals surface area contributed by atoms with Crippen molar-refractivity contribution in [3.05, 3.63) is 96.1 Å². The van der Waals surface area contributed by atoms with Crippen molar-refractivity contribution in [1.82, 2.24) is 0 Å². The van der Waals surface area contributed by atoms with Crippen molar-refractivity contribution >= 4 is 78.9 Å². The van der Waals surface area contributed by atoms with Crippen LogP contribution >= 0.6 is 9.02 Å². The van der Waals surface area contributed by atoms with Gasteiger partial charge in [0.15, 0.2) is 0 Å². The van der Waals surface area contributed by atoms with Crippen LogP contribution in [-0.4, -0.2) is 59.2 Å². The van der Waals surface area contributed by atoms with Crippen molar-refractivity contribution in [1.29, 1.82) is 0 Å². The molecular weight excluding hydrogens is 656 g/mol. The Bertz CT molecular complexity index is 913. The van der Waals surface area contributed by atoms with E-state index in [1.54, 1.807) is 0 Å². The minimum absolute atomic E-state index is 0.134. The van der Waals surface area contributed by atoms with E-state index in [9.17, 15) is 0 Å². The van der Waals surface area contributed by atoms with E-state index in [1.807, 2.05) is 60.7 Å². The molecule has 0 N–H and O–H groups in total. The summed E-state index contributed by atoms with van der Waals surface area (Å²) in [6, 6.07) is 27.2. The Kier molecular flexibility index (Phi) is 8.81.